The summed E-state index contributed by atoms with van der Waals surface area (Å²) in [6.45, 7) is 3.40. The Balaban J connectivity index is 1.60. The van der Waals surface area contributed by atoms with Crippen molar-refractivity contribution in [1.29, 1.82) is 0 Å². The lowest BCUT2D eigenvalue weighted by molar-refractivity contribution is 0.0740. The van der Waals surface area contributed by atoms with Crippen molar-refractivity contribution in [2.45, 2.75) is 6.54 Å². The van der Waals surface area contributed by atoms with Gasteiger partial charge in [-0.25, -0.2) is 4.98 Å². The molecule has 1 saturated heterocycles. The summed E-state index contributed by atoms with van der Waals surface area (Å²) in [7, 11) is 0. The lowest BCUT2D eigenvalue weighted by atomic mass is 10.2. The van der Waals surface area contributed by atoms with E-state index in [1.54, 1.807) is 18.5 Å². The lowest BCUT2D eigenvalue weighted by Gasteiger charge is -2.35. The second kappa shape index (κ2) is 5.92. The molecule has 2 aromatic rings. The molecule has 0 aliphatic carbocycles. The lowest BCUT2D eigenvalue weighted by Crippen LogP contribution is -2.49. The number of rotatable bonds is 3. The van der Waals surface area contributed by atoms with Crippen LogP contribution in [0.2, 0.25) is 0 Å². The smallest absolute Gasteiger partial charge is 0.271 e. The standard InChI is InChI=1S/C14H18N6O/c15-9-11-1-2-13(16-10-11)19-5-7-20(8-6-19)14(21)12-3-4-17-18-12/h1-4,10H,5-9,15H2,(H,17,18). The number of hydrogen-bond donors (Lipinski definition) is 2. The molecule has 0 aromatic carbocycles. The first kappa shape index (κ1) is 13.6. The quantitative estimate of drug-likeness (QED) is 0.842. The van der Waals surface area contributed by atoms with Crippen molar-refractivity contribution in [3.63, 3.8) is 0 Å². The summed E-state index contributed by atoms with van der Waals surface area (Å²) in [5, 5.41) is 6.52. The van der Waals surface area contributed by atoms with Gasteiger partial charge in [-0.15, -0.1) is 0 Å². The topological polar surface area (TPSA) is 91.1 Å². The maximum atomic E-state index is 12.2. The maximum absolute atomic E-state index is 12.2. The second-order valence-electron chi connectivity index (χ2n) is 4.98. The number of carbonyl (C=O) groups excluding carboxylic acids is 1. The molecule has 7 heteroatoms. The number of nitrogens with two attached hydrogens (primary N) is 1. The van der Waals surface area contributed by atoms with E-state index >= 15 is 0 Å². The van der Waals surface area contributed by atoms with E-state index in [-0.39, 0.29) is 5.91 Å². The summed E-state index contributed by atoms with van der Waals surface area (Å²) >= 11 is 0. The van der Waals surface area contributed by atoms with Gasteiger partial charge in [0.15, 0.2) is 0 Å². The Morgan fingerprint density at radius 1 is 1.24 bits per heavy atom. The molecule has 0 spiro atoms. The van der Waals surface area contributed by atoms with Gasteiger partial charge in [-0.3, -0.25) is 9.89 Å². The Bertz CT molecular complexity index is 586. The van der Waals surface area contributed by atoms with Gasteiger partial charge in [0.25, 0.3) is 5.91 Å². The van der Waals surface area contributed by atoms with E-state index in [0.717, 1.165) is 24.5 Å². The average Bonchev–Trinajstić information content (AvgIpc) is 3.09. The predicted octanol–water partition coefficient (Wildman–Crippen LogP) is 0.226. The van der Waals surface area contributed by atoms with Crippen LogP contribution >= 0.6 is 0 Å². The number of pyridine rings is 1. The highest BCUT2D eigenvalue weighted by atomic mass is 16.2. The van der Waals surface area contributed by atoms with E-state index in [1.807, 2.05) is 17.0 Å². The number of aromatic nitrogens is 3. The SMILES string of the molecule is NCc1ccc(N2CCN(C(=O)c3ccn[nH]3)CC2)nc1. The predicted molar refractivity (Wildman–Crippen MR) is 78.8 cm³/mol. The molecule has 3 N–H and O–H groups in total. The zero-order valence-electron chi connectivity index (χ0n) is 11.7. The van der Waals surface area contributed by atoms with Crippen LogP contribution in [-0.4, -0.2) is 52.2 Å². The molecule has 1 amide bonds. The molecule has 1 aliphatic rings. The van der Waals surface area contributed by atoms with Gasteiger partial charge in [0.05, 0.1) is 0 Å². The Hall–Kier alpha value is -2.41. The van der Waals surface area contributed by atoms with Crippen LogP contribution in [0.4, 0.5) is 5.82 Å². The van der Waals surface area contributed by atoms with Gasteiger partial charge in [-0.05, 0) is 17.7 Å². The maximum Gasteiger partial charge on any atom is 0.271 e. The first-order valence-corrected chi connectivity index (χ1v) is 6.96. The molecule has 0 atom stereocenters. The van der Waals surface area contributed by atoms with Crippen LogP contribution in [0.25, 0.3) is 0 Å². The van der Waals surface area contributed by atoms with Gasteiger partial charge in [0.2, 0.25) is 0 Å². The minimum absolute atomic E-state index is 0.00131. The molecular formula is C14H18N6O. The van der Waals surface area contributed by atoms with Crippen molar-refractivity contribution in [2.24, 2.45) is 5.73 Å². The number of nitrogens with zero attached hydrogens (tertiary/aromatic N) is 4. The molecule has 110 valence electrons. The van der Waals surface area contributed by atoms with Crippen molar-refractivity contribution in [2.75, 3.05) is 31.1 Å². The highest BCUT2D eigenvalue weighted by molar-refractivity contribution is 5.92. The number of nitrogens with one attached hydrogen (secondary N) is 1. The van der Waals surface area contributed by atoms with E-state index in [9.17, 15) is 4.79 Å². The van der Waals surface area contributed by atoms with Crippen molar-refractivity contribution < 1.29 is 4.79 Å². The molecule has 1 aliphatic heterocycles. The Morgan fingerprint density at radius 2 is 2.05 bits per heavy atom. The van der Waals surface area contributed by atoms with Crippen molar-refractivity contribution >= 4 is 11.7 Å². The Labute approximate surface area is 122 Å². The van der Waals surface area contributed by atoms with E-state index < -0.39 is 0 Å². The molecule has 1 fully saturated rings. The van der Waals surface area contributed by atoms with Gasteiger partial charge >= 0.3 is 0 Å². The molecule has 7 nitrogen and oxygen atoms in total. The van der Waals surface area contributed by atoms with Crippen molar-refractivity contribution in [3.8, 4) is 0 Å². The number of carbonyl (C=O) groups is 1. The van der Waals surface area contributed by atoms with Gasteiger partial charge in [0, 0.05) is 45.1 Å². The summed E-state index contributed by atoms with van der Waals surface area (Å²) in [5.74, 6) is 0.930. The average molecular weight is 286 g/mol. The third-order valence-corrected chi connectivity index (χ3v) is 3.67. The fourth-order valence-electron chi connectivity index (χ4n) is 2.41. The van der Waals surface area contributed by atoms with Gasteiger partial charge in [0.1, 0.15) is 11.5 Å². The van der Waals surface area contributed by atoms with Crippen molar-refractivity contribution in [3.05, 3.63) is 41.9 Å². The van der Waals surface area contributed by atoms with E-state index in [2.05, 4.69) is 20.1 Å². The summed E-state index contributed by atoms with van der Waals surface area (Å²) in [4.78, 5) is 20.6. The number of amides is 1. The molecule has 0 radical (unpaired) electrons. The molecule has 3 rings (SSSR count). The number of hydrogen-bond acceptors (Lipinski definition) is 5. The second-order valence-corrected chi connectivity index (χ2v) is 4.98. The minimum Gasteiger partial charge on any atom is -0.353 e. The van der Waals surface area contributed by atoms with Crippen LogP contribution in [0.5, 0.6) is 0 Å². The fraction of sp³-hybridized carbons (Fsp3) is 0.357. The molecule has 0 saturated carbocycles. The summed E-state index contributed by atoms with van der Waals surface area (Å²) in [6.07, 6.45) is 3.39. The van der Waals surface area contributed by atoms with Crippen LogP contribution in [-0.2, 0) is 6.54 Å². The largest absolute Gasteiger partial charge is 0.353 e. The van der Waals surface area contributed by atoms with Crippen LogP contribution in [0, 0.1) is 0 Å². The zero-order valence-corrected chi connectivity index (χ0v) is 11.7. The van der Waals surface area contributed by atoms with Crippen LogP contribution in [0.1, 0.15) is 16.1 Å². The Kier molecular flexibility index (Phi) is 3.83. The first-order valence-electron chi connectivity index (χ1n) is 6.96. The summed E-state index contributed by atoms with van der Waals surface area (Å²) in [5.41, 5.74) is 7.13. The number of anilines is 1. The number of H-pyrrole nitrogens is 1. The molecule has 2 aromatic heterocycles. The summed E-state index contributed by atoms with van der Waals surface area (Å²) < 4.78 is 0. The molecule has 0 bridgehead atoms. The number of aromatic amines is 1. The van der Waals surface area contributed by atoms with Crippen molar-refractivity contribution in [1.82, 2.24) is 20.1 Å². The first-order chi connectivity index (χ1) is 10.3. The highest BCUT2D eigenvalue weighted by Gasteiger charge is 2.23. The highest BCUT2D eigenvalue weighted by Crippen LogP contribution is 2.15. The zero-order chi connectivity index (χ0) is 14.7. The molecule has 21 heavy (non-hydrogen) atoms. The third-order valence-electron chi connectivity index (χ3n) is 3.67. The van der Waals surface area contributed by atoms with Gasteiger partial charge in [-0.1, -0.05) is 6.07 Å². The molecule has 0 unspecified atom stereocenters. The van der Waals surface area contributed by atoms with E-state index in [0.29, 0.717) is 25.3 Å². The van der Waals surface area contributed by atoms with Crippen LogP contribution < -0.4 is 10.6 Å². The molecular weight excluding hydrogens is 268 g/mol. The monoisotopic (exact) mass is 286 g/mol. The minimum atomic E-state index is -0.00131. The van der Waals surface area contributed by atoms with Crippen LogP contribution in [0.3, 0.4) is 0 Å². The van der Waals surface area contributed by atoms with Gasteiger partial charge in [-0.2, -0.15) is 5.10 Å². The van der Waals surface area contributed by atoms with E-state index in [4.69, 9.17) is 5.73 Å². The number of piperazine rings is 1. The van der Waals surface area contributed by atoms with E-state index in [1.165, 1.54) is 0 Å². The Morgan fingerprint density at radius 3 is 2.62 bits per heavy atom. The fourth-order valence-corrected chi connectivity index (χ4v) is 2.41. The summed E-state index contributed by atoms with van der Waals surface area (Å²) in [6, 6.07) is 5.67. The van der Waals surface area contributed by atoms with Gasteiger partial charge < -0.3 is 15.5 Å². The molecule has 3 heterocycles. The normalized spacial score (nSPS) is 15.3. The third kappa shape index (κ3) is 2.87. The van der Waals surface area contributed by atoms with Crippen LogP contribution in [0.15, 0.2) is 30.6 Å².